The van der Waals surface area contributed by atoms with Gasteiger partial charge in [0.25, 0.3) is 5.56 Å². The normalized spacial score (nSPS) is 13.0. The Balaban J connectivity index is 1.33. The maximum atomic E-state index is 13.6. The highest BCUT2D eigenvalue weighted by Crippen LogP contribution is 2.49. The van der Waals surface area contributed by atoms with Crippen LogP contribution in [-0.4, -0.2) is 49.9 Å². The maximum Gasteiger partial charge on any atom is 0.356 e. The SMILES string of the molecule is Cc1ccc(C(=O)SCCOP(=O)(COCCn2cnc3c(=O)[nH]c(N)nc32)OCc2cccc(F)c2)cc1. The summed E-state index contributed by atoms with van der Waals surface area (Å²) in [5, 5.41) is -0.133. The number of anilines is 1. The second-order valence-corrected chi connectivity index (χ2v) is 11.5. The van der Waals surface area contributed by atoms with Crippen LogP contribution in [0.3, 0.4) is 0 Å². The smallest absolute Gasteiger partial charge is 0.356 e. The molecule has 0 fully saturated rings. The second kappa shape index (κ2) is 13.1. The fourth-order valence-corrected chi connectivity index (χ4v) is 5.54. The van der Waals surface area contributed by atoms with Crippen molar-refractivity contribution in [2.24, 2.45) is 0 Å². The van der Waals surface area contributed by atoms with Gasteiger partial charge in [0.2, 0.25) is 11.1 Å². The van der Waals surface area contributed by atoms with Crippen molar-refractivity contribution in [1.82, 2.24) is 19.5 Å². The summed E-state index contributed by atoms with van der Waals surface area (Å²) in [5.74, 6) is -0.254. The van der Waals surface area contributed by atoms with Gasteiger partial charge >= 0.3 is 7.60 Å². The molecule has 2 aromatic heterocycles. The number of nitrogens with zero attached hydrogens (tertiary/aromatic N) is 3. The summed E-state index contributed by atoms with van der Waals surface area (Å²) in [6.07, 6.45) is 1.04. The molecule has 2 heterocycles. The van der Waals surface area contributed by atoms with Gasteiger partial charge in [0.15, 0.2) is 11.2 Å². The predicted octanol–water partition coefficient (Wildman–Crippen LogP) is 4.12. The number of carbonyl (C=O) groups is 1. The summed E-state index contributed by atoms with van der Waals surface area (Å²) in [6, 6.07) is 12.9. The molecule has 0 aliphatic rings. The first-order valence-corrected chi connectivity index (χ1v) is 14.6. The van der Waals surface area contributed by atoms with Gasteiger partial charge in [-0.05, 0) is 24.6 Å². The van der Waals surface area contributed by atoms with E-state index in [1.54, 1.807) is 22.8 Å². The third-order valence-electron chi connectivity index (χ3n) is 5.43. The minimum atomic E-state index is -3.79. The number of aromatic amines is 1. The lowest BCUT2D eigenvalue weighted by Gasteiger charge is -2.19. The quantitative estimate of drug-likeness (QED) is 0.176. The van der Waals surface area contributed by atoms with Gasteiger partial charge in [-0.3, -0.25) is 19.1 Å². The van der Waals surface area contributed by atoms with Crippen LogP contribution in [-0.2, 0) is 31.5 Å². The van der Waals surface area contributed by atoms with E-state index in [1.807, 2.05) is 19.1 Å². The number of aryl methyl sites for hydroxylation is 1. The molecule has 39 heavy (non-hydrogen) atoms. The van der Waals surface area contributed by atoms with E-state index in [9.17, 15) is 18.5 Å². The highest BCUT2D eigenvalue weighted by molar-refractivity contribution is 8.14. The summed E-state index contributed by atoms with van der Waals surface area (Å²) < 4.78 is 45.3. The van der Waals surface area contributed by atoms with E-state index in [1.165, 1.54) is 24.5 Å². The van der Waals surface area contributed by atoms with E-state index in [2.05, 4.69) is 15.0 Å². The molecule has 14 heteroatoms. The molecule has 0 bridgehead atoms. The lowest BCUT2D eigenvalue weighted by atomic mass is 10.2. The number of imidazole rings is 1. The number of nitrogens with one attached hydrogen (secondary N) is 1. The standard InChI is InChI=1S/C25H27FN5O6PS/c1-17-5-7-19(8-6-17)24(33)39-12-11-36-38(34,37-14-18-3-2-4-20(26)13-18)16-35-10-9-31-15-28-21-22(31)29-25(27)30-23(21)32/h2-8,13,15H,9-12,14,16H2,1H3,(H3,27,29,30,32). The van der Waals surface area contributed by atoms with Crippen molar-refractivity contribution in [3.05, 3.63) is 87.7 Å². The van der Waals surface area contributed by atoms with Gasteiger partial charge in [-0.25, -0.2) is 9.37 Å². The van der Waals surface area contributed by atoms with Crippen molar-refractivity contribution in [2.45, 2.75) is 20.1 Å². The first-order valence-electron chi connectivity index (χ1n) is 11.9. The fourth-order valence-electron chi connectivity index (χ4n) is 3.47. The van der Waals surface area contributed by atoms with Gasteiger partial charge in [0.1, 0.15) is 12.2 Å². The van der Waals surface area contributed by atoms with Gasteiger partial charge in [-0.15, -0.1) is 0 Å². The highest BCUT2D eigenvalue weighted by atomic mass is 32.2. The largest absolute Gasteiger partial charge is 0.369 e. The Labute approximate surface area is 227 Å². The summed E-state index contributed by atoms with van der Waals surface area (Å²) >= 11 is 1.04. The van der Waals surface area contributed by atoms with E-state index >= 15 is 0 Å². The summed E-state index contributed by atoms with van der Waals surface area (Å²) in [6.45, 7) is 2.04. The number of H-pyrrole nitrogens is 1. The van der Waals surface area contributed by atoms with Crippen molar-refractivity contribution >= 4 is 41.6 Å². The number of carbonyl (C=O) groups excluding carboxylic acids is 1. The molecule has 0 saturated heterocycles. The first-order chi connectivity index (χ1) is 18.7. The number of halogens is 1. The number of hydrogen-bond donors (Lipinski definition) is 2. The lowest BCUT2D eigenvalue weighted by Crippen LogP contribution is -2.13. The number of ether oxygens (including phenoxy) is 1. The number of nitrogen functional groups attached to an aromatic ring is 1. The Hall–Kier alpha value is -3.35. The van der Waals surface area contributed by atoms with Crippen molar-refractivity contribution in [3.63, 3.8) is 0 Å². The lowest BCUT2D eigenvalue weighted by molar-refractivity contribution is 0.108. The van der Waals surface area contributed by atoms with Gasteiger partial charge in [0, 0.05) is 17.9 Å². The molecular weight excluding hydrogens is 548 g/mol. The van der Waals surface area contributed by atoms with Gasteiger partial charge < -0.3 is 24.1 Å². The number of fused-ring (bicyclic) bond motifs is 1. The van der Waals surface area contributed by atoms with Crippen LogP contribution in [0.25, 0.3) is 11.2 Å². The van der Waals surface area contributed by atoms with Crippen LogP contribution in [0.4, 0.5) is 10.3 Å². The predicted molar refractivity (Wildman–Crippen MR) is 146 cm³/mol. The number of rotatable bonds is 13. The molecule has 1 atom stereocenters. The molecule has 0 aliphatic heterocycles. The Bertz CT molecular complexity index is 1540. The molecule has 3 N–H and O–H groups in total. The first kappa shape index (κ1) is 28.7. The van der Waals surface area contributed by atoms with Crippen molar-refractivity contribution in [3.8, 4) is 0 Å². The zero-order valence-electron chi connectivity index (χ0n) is 21.0. The van der Waals surface area contributed by atoms with Gasteiger partial charge in [-0.1, -0.05) is 53.7 Å². The monoisotopic (exact) mass is 575 g/mol. The zero-order chi connectivity index (χ0) is 27.8. The molecule has 0 spiro atoms. The number of thioether (sulfide) groups is 1. The van der Waals surface area contributed by atoms with Crippen molar-refractivity contribution in [1.29, 1.82) is 0 Å². The van der Waals surface area contributed by atoms with E-state index < -0.39 is 19.0 Å². The zero-order valence-corrected chi connectivity index (χ0v) is 22.8. The molecule has 1 unspecified atom stereocenters. The van der Waals surface area contributed by atoms with Crippen molar-refractivity contribution < 1.29 is 27.5 Å². The van der Waals surface area contributed by atoms with Crippen molar-refractivity contribution in [2.75, 3.05) is 31.0 Å². The Morgan fingerprint density at radius 1 is 1.18 bits per heavy atom. The maximum absolute atomic E-state index is 13.6. The summed E-state index contributed by atoms with van der Waals surface area (Å²) in [5.41, 5.74) is 7.66. The number of hydrogen-bond acceptors (Lipinski definition) is 10. The number of benzene rings is 2. The summed E-state index contributed by atoms with van der Waals surface area (Å²) in [7, 11) is -3.79. The van der Waals surface area contributed by atoms with Gasteiger partial charge in [-0.2, -0.15) is 4.98 Å². The number of aromatic nitrogens is 4. The minimum Gasteiger partial charge on any atom is -0.369 e. The van der Waals surface area contributed by atoms with Gasteiger partial charge in [0.05, 0.1) is 26.1 Å². The van der Waals surface area contributed by atoms with Crippen LogP contribution >= 0.6 is 19.4 Å². The molecular formula is C25H27FN5O6PS. The fraction of sp³-hybridized carbons (Fsp3) is 0.280. The van der Waals surface area contributed by atoms with Crippen LogP contribution in [0.5, 0.6) is 0 Å². The molecule has 0 aliphatic carbocycles. The Kier molecular flexibility index (Phi) is 9.65. The van der Waals surface area contributed by atoms with Crippen LogP contribution in [0, 0.1) is 12.7 Å². The van der Waals surface area contributed by atoms with E-state index in [-0.39, 0.29) is 60.7 Å². The average molecular weight is 576 g/mol. The van der Waals surface area contributed by atoms with Crippen LogP contribution < -0.4 is 11.3 Å². The summed E-state index contributed by atoms with van der Waals surface area (Å²) in [4.78, 5) is 34.8. The Morgan fingerprint density at radius 2 is 1.97 bits per heavy atom. The van der Waals surface area contributed by atoms with Crippen LogP contribution in [0.2, 0.25) is 0 Å². The van der Waals surface area contributed by atoms with E-state index in [0.29, 0.717) is 11.1 Å². The third-order valence-corrected chi connectivity index (χ3v) is 7.89. The molecule has 206 valence electrons. The molecule has 2 aromatic carbocycles. The van der Waals surface area contributed by atoms with E-state index in [4.69, 9.17) is 19.5 Å². The second-order valence-electron chi connectivity index (χ2n) is 8.45. The molecule has 0 radical (unpaired) electrons. The Morgan fingerprint density at radius 3 is 2.74 bits per heavy atom. The molecule has 0 saturated carbocycles. The molecule has 11 nitrogen and oxygen atoms in total. The molecule has 4 rings (SSSR count). The number of nitrogens with two attached hydrogens (primary N) is 1. The third kappa shape index (κ3) is 8.07. The molecule has 4 aromatic rings. The van der Waals surface area contributed by atoms with Crippen LogP contribution in [0.1, 0.15) is 21.5 Å². The van der Waals surface area contributed by atoms with Crippen LogP contribution in [0.15, 0.2) is 59.7 Å². The minimum absolute atomic E-state index is 0.0375. The highest BCUT2D eigenvalue weighted by Gasteiger charge is 2.26. The topological polar surface area (TPSA) is 151 Å². The average Bonchev–Trinajstić information content (AvgIpc) is 3.31. The molecule has 0 amide bonds. The van der Waals surface area contributed by atoms with E-state index in [0.717, 1.165) is 17.3 Å².